The first-order valence-electron chi connectivity index (χ1n) is 10.6. The number of carboxylic acids is 2. The number of nitrogens with one attached hydrogen (secondary N) is 3. The first kappa shape index (κ1) is 29.3. The van der Waals surface area contributed by atoms with Crippen molar-refractivity contribution >= 4 is 29.7 Å². The molecule has 0 aliphatic carbocycles. The van der Waals surface area contributed by atoms with E-state index in [-0.39, 0.29) is 12.3 Å². The van der Waals surface area contributed by atoms with Gasteiger partial charge in [-0.3, -0.25) is 19.2 Å². The second-order valence-corrected chi connectivity index (χ2v) is 8.35. The van der Waals surface area contributed by atoms with E-state index in [0.29, 0.717) is 19.4 Å². The minimum atomic E-state index is -1.34. The van der Waals surface area contributed by atoms with Gasteiger partial charge in [-0.05, 0) is 37.6 Å². The molecule has 12 heteroatoms. The quantitative estimate of drug-likeness (QED) is 0.146. The fraction of sp³-hybridized carbons (Fsp3) is 0.750. The van der Waals surface area contributed by atoms with Crippen LogP contribution in [0, 0.1) is 11.8 Å². The number of carbonyl (C=O) groups excluding carboxylic acids is 3. The molecule has 4 unspecified atom stereocenters. The van der Waals surface area contributed by atoms with Crippen molar-refractivity contribution in [2.45, 2.75) is 77.5 Å². The molecule has 0 spiro atoms. The van der Waals surface area contributed by atoms with Crippen LogP contribution in [0.2, 0.25) is 0 Å². The number of nitrogens with two attached hydrogens (primary N) is 2. The predicted octanol–water partition coefficient (Wildman–Crippen LogP) is -1.23. The smallest absolute Gasteiger partial charge is 0.326 e. The highest BCUT2D eigenvalue weighted by molar-refractivity contribution is 5.94. The first-order valence-corrected chi connectivity index (χ1v) is 10.6. The summed E-state index contributed by atoms with van der Waals surface area (Å²) in [6, 6.07) is -4.58. The minimum Gasteiger partial charge on any atom is -0.481 e. The molecule has 0 aromatic heterocycles. The van der Waals surface area contributed by atoms with Crippen molar-refractivity contribution < 1.29 is 34.2 Å². The van der Waals surface area contributed by atoms with E-state index >= 15 is 0 Å². The van der Waals surface area contributed by atoms with Crippen molar-refractivity contribution in [3.63, 3.8) is 0 Å². The summed E-state index contributed by atoms with van der Waals surface area (Å²) in [6.45, 7) is 7.09. The molecule has 0 aliphatic rings. The molecule has 0 saturated heterocycles. The number of unbranched alkanes of at least 4 members (excludes halogenated alkanes) is 1. The third kappa shape index (κ3) is 10.5. The summed E-state index contributed by atoms with van der Waals surface area (Å²) in [5.41, 5.74) is 11.0. The lowest BCUT2D eigenvalue weighted by Crippen LogP contribution is -2.59. The van der Waals surface area contributed by atoms with Crippen LogP contribution in [0.1, 0.15) is 53.4 Å². The number of amides is 3. The molecule has 0 saturated carbocycles. The molecule has 4 atom stereocenters. The molecule has 0 rings (SSSR count). The molecule has 184 valence electrons. The maximum atomic E-state index is 12.8. The highest BCUT2D eigenvalue weighted by Crippen LogP contribution is 2.09. The van der Waals surface area contributed by atoms with E-state index in [0.717, 1.165) is 0 Å². The third-order valence-electron chi connectivity index (χ3n) is 4.79. The Labute approximate surface area is 187 Å². The maximum Gasteiger partial charge on any atom is 0.326 e. The van der Waals surface area contributed by atoms with Crippen LogP contribution in [0.3, 0.4) is 0 Å². The average molecular weight is 460 g/mol. The average Bonchev–Trinajstić information content (AvgIpc) is 2.67. The molecule has 0 aromatic rings. The van der Waals surface area contributed by atoms with E-state index in [2.05, 4.69) is 16.0 Å². The van der Waals surface area contributed by atoms with Crippen LogP contribution in [0.5, 0.6) is 0 Å². The lowest BCUT2D eigenvalue weighted by atomic mass is 9.98. The number of hydrogen-bond acceptors (Lipinski definition) is 7. The molecular weight excluding hydrogens is 422 g/mol. The van der Waals surface area contributed by atoms with Crippen molar-refractivity contribution in [1.29, 1.82) is 0 Å². The Kier molecular flexibility index (Phi) is 13.1. The number of hydrogen-bond donors (Lipinski definition) is 7. The summed E-state index contributed by atoms with van der Waals surface area (Å²) < 4.78 is 0. The highest BCUT2D eigenvalue weighted by Gasteiger charge is 2.33. The van der Waals surface area contributed by atoms with Crippen LogP contribution in [0.15, 0.2) is 0 Å². The van der Waals surface area contributed by atoms with Gasteiger partial charge in [-0.25, -0.2) is 4.79 Å². The van der Waals surface area contributed by atoms with Crippen molar-refractivity contribution in [2.24, 2.45) is 23.3 Å². The zero-order valence-electron chi connectivity index (χ0n) is 19.1. The van der Waals surface area contributed by atoms with E-state index in [9.17, 15) is 29.1 Å². The Balaban J connectivity index is 5.30. The third-order valence-corrected chi connectivity index (χ3v) is 4.79. The molecule has 12 nitrogen and oxygen atoms in total. The molecule has 0 heterocycles. The zero-order chi connectivity index (χ0) is 25.0. The number of carbonyl (C=O) groups is 5. The van der Waals surface area contributed by atoms with Crippen LogP contribution in [-0.4, -0.2) is 70.6 Å². The van der Waals surface area contributed by atoms with Crippen LogP contribution in [0.25, 0.3) is 0 Å². The molecule has 3 amide bonds. The van der Waals surface area contributed by atoms with E-state index in [1.165, 1.54) is 0 Å². The van der Waals surface area contributed by atoms with Gasteiger partial charge in [-0.2, -0.15) is 0 Å². The van der Waals surface area contributed by atoms with Crippen molar-refractivity contribution in [3.05, 3.63) is 0 Å². The fourth-order valence-corrected chi connectivity index (χ4v) is 2.87. The van der Waals surface area contributed by atoms with E-state index in [4.69, 9.17) is 16.6 Å². The summed E-state index contributed by atoms with van der Waals surface area (Å²) in [5.74, 6) is -5.36. The monoisotopic (exact) mass is 459 g/mol. The van der Waals surface area contributed by atoms with Gasteiger partial charge in [0.05, 0.1) is 12.5 Å². The predicted molar refractivity (Wildman–Crippen MR) is 116 cm³/mol. The molecule has 0 aromatic carbocycles. The molecular formula is C20H37N5O7. The molecule has 0 fully saturated rings. The van der Waals surface area contributed by atoms with Crippen molar-refractivity contribution in [1.82, 2.24) is 16.0 Å². The lowest BCUT2D eigenvalue weighted by Gasteiger charge is -2.28. The second-order valence-electron chi connectivity index (χ2n) is 8.35. The van der Waals surface area contributed by atoms with Gasteiger partial charge in [0.2, 0.25) is 17.7 Å². The van der Waals surface area contributed by atoms with Crippen molar-refractivity contribution in [2.75, 3.05) is 6.54 Å². The second kappa shape index (κ2) is 14.4. The summed E-state index contributed by atoms with van der Waals surface area (Å²) in [7, 11) is 0. The van der Waals surface area contributed by atoms with E-state index in [1.54, 1.807) is 27.7 Å². The van der Waals surface area contributed by atoms with Gasteiger partial charge in [0, 0.05) is 0 Å². The molecule has 32 heavy (non-hydrogen) atoms. The van der Waals surface area contributed by atoms with Gasteiger partial charge in [-0.1, -0.05) is 27.7 Å². The number of carboxylic acid groups (broad SMARTS) is 2. The Morgan fingerprint density at radius 2 is 1.25 bits per heavy atom. The van der Waals surface area contributed by atoms with E-state index in [1.807, 2.05) is 0 Å². The van der Waals surface area contributed by atoms with E-state index < -0.39 is 66.2 Å². The standard InChI is InChI=1S/C20H37N5O7/c1-10(2)15(18(29)23-13(20(31)32)7-5-6-8-21)25-19(30)16(11(3)4)24-17(28)12(22)9-14(26)27/h10-13,15-16H,5-9,21-22H2,1-4H3,(H,23,29)(H,24,28)(H,25,30)(H,26,27)(H,31,32). The van der Waals surface area contributed by atoms with Gasteiger partial charge < -0.3 is 37.6 Å². The lowest BCUT2D eigenvalue weighted by molar-refractivity contribution is -0.143. The highest BCUT2D eigenvalue weighted by atomic mass is 16.4. The van der Waals surface area contributed by atoms with Crippen LogP contribution < -0.4 is 27.4 Å². The van der Waals surface area contributed by atoms with Gasteiger partial charge in [0.15, 0.2) is 0 Å². The Hall–Kier alpha value is -2.73. The Bertz CT molecular complexity index is 669. The maximum absolute atomic E-state index is 12.8. The van der Waals surface area contributed by atoms with Gasteiger partial charge >= 0.3 is 11.9 Å². The zero-order valence-corrected chi connectivity index (χ0v) is 19.1. The molecule has 0 radical (unpaired) electrons. The minimum absolute atomic E-state index is 0.198. The molecule has 0 aliphatic heterocycles. The van der Waals surface area contributed by atoms with Crippen LogP contribution in [0.4, 0.5) is 0 Å². The van der Waals surface area contributed by atoms with Gasteiger partial charge in [0.25, 0.3) is 0 Å². The summed E-state index contributed by atoms with van der Waals surface area (Å²) in [5, 5.41) is 25.6. The largest absolute Gasteiger partial charge is 0.481 e. The Morgan fingerprint density at radius 3 is 1.66 bits per heavy atom. The topological polar surface area (TPSA) is 214 Å². The molecule has 0 bridgehead atoms. The number of rotatable bonds is 15. The molecule has 9 N–H and O–H groups in total. The van der Waals surface area contributed by atoms with Crippen LogP contribution >= 0.6 is 0 Å². The number of aliphatic carboxylic acids is 2. The summed E-state index contributed by atoms with van der Waals surface area (Å²) in [6.07, 6.45) is 0.730. The van der Waals surface area contributed by atoms with Gasteiger partial charge in [0.1, 0.15) is 18.1 Å². The van der Waals surface area contributed by atoms with Gasteiger partial charge in [-0.15, -0.1) is 0 Å². The summed E-state index contributed by atoms with van der Waals surface area (Å²) >= 11 is 0. The van der Waals surface area contributed by atoms with Crippen molar-refractivity contribution in [3.8, 4) is 0 Å². The summed E-state index contributed by atoms with van der Waals surface area (Å²) in [4.78, 5) is 59.9. The van der Waals surface area contributed by atoms with Crippen LogP contribution in [-0.2, 0) is 24.0 Å². The SMILES string of the molecule is CC(C)C(NC(=O)C(N)CC(=O)O)C(=O)NC(C(=O)NC(CCCCN)C(=O)O)C(C)C. The fourth-order valence-electron chi connectivity index (χ4n) is 2.87. The normalized spacial score (nSPS) is 14.9. The first-order chi connectivity index (χ1) is 14.8. The Morgan fingerprint density at radius 1 is 0.781 bits per heavy atom.